The molecule has 25 heavy (non-hydrogen) atoms. The second kappa shape index (κ2) is 7.63. The van der Waals surface area contributed by atoms with Gasteiger partial charge in [-0.1, -0.05) is 23.5 Å². The van der Waals surface area contributed by atoms with Crippen molar-refractivity contribution in [1.29, 1.82) is 0 Å². The molecule has 0 fully saturated rings. The van der Waals surface area contributed by atoms with Gasteiger partial charge in [-0.2, -0.15) is 0 Å². The Morgan fingerprint density at radius 1 is 1.12 bits per heavy atom. The van der Waals surface area contributed by atoms with E-state index in [4.69, 9.17) is 0 Å². The van der Waals surface area contributed by atoms with Gasteiger partial charge in [-0.25, -0.2) is 0 Å². The van der Waals surface area contributed by atoms with Gasteiger partial charge in [0.2, 0.25) is 5.01 Å². The molecule has 2 heterocycles. The molecule has 2 aromatic heterocycles. The van der Waals surface area contributed by atoms with E-state index >= 15 is 0 Å². The number of carbonyl (C=O) groups is 2. The Labute approximate surface area is 148 Å². The molecule has 0 aliphatic heterocycles. The quantitative estimate of drug-likeness (QED) is 0.734. The third-order valence-electron chi connectivity index (χ3n) is 3.28. The third kappa shape index (κ3) is 4.45. The Morgan fingerprint density at radius 2 is 2.00 bits per heavy atom. The summed E-state index contributed by atoms with van der Waals surface area (Å²) < 4.78 is 0. The molecule has 0 saturated carbocycles. The first-order chi connectivity index (χ1) is 12.1. The molecular weight excluding hydrogens is 338 g/mol. The van der Waals surface area contributed by atoms with Crippen LogP contribution < -0.4 is 10.6 Å². The van der Waals surface area contributed by atoms with Crippen molar-refractivity contribution in [3.8, 4) is 0 Å². The van der Waals surface area contributed by atoms with Crippen LogP contribution in [-0.4, -0.2) is 27.0 Å². The van der Waals surface area contributed by atoms with Crippen molar-refractivity contribution >= 4 is 28.8 Å². The molecule has 1 aromatic carbocycles. The normalized spacial score (nSPS) is 10.3. The summed E-state index contributed by atoms with van der Waals surface area (Å²) in [7, 11) is 0. The molecular formula is C17H15N5O2S. The predicted octanol–water partition coefficient (Wildman–Crippen LogP) is 2.42. The van der Waals surface area contributed by atoms with Crippen molar-refractivity contribution in [2.75, 3.05) is 5.32 Å². The molecule has 0 bridgehead atoms. The number of anilines is 1. The average Bonchev–Trinajstić information content (AvgIpc) is 3.07. The van der Waals surface area contributed by atoms with Crippen molar-refractivity contribution in [2.45, 2.75) is 13.5 Å². The summed E-state index contributed by atoms with van der Waals surface area (Å²) in [6.07, 6.45) is 3.37. The number of aryl methyl sites for hydroxylation is 1. The minimum atomic E-state index is -0.349. The molecule has 8 heteroatoms. The first kappa shape index (κ1) is 16.7. The first-order valence-electron chi connectivity index (χ1n) is 7.50. The van der Waals surface area contributed by atoms with E-state index in [2.05, 4.69) is 25.8 Å². The number of carbonyl (C=O) groups excluding carboxylic acids is 2. The van der Waals surface area contributed by atoms with Gasteiger partial charge in [0, 0.05) is 30.2 Å². The molecule has 0 spiro atoms. The summed E-state index contributed by atoms with van der Waals surface area (Å²) in [4.78, 5) is 28.4. The fourth-order valence-electron chi connectivity index (χ4n) is 2.10. The fourth-order valence-corrected chi connectivity index (χ4v) is 2.69. The SMILES string of the molecule is Cc1nnc(C(=O)Nc2cccc(C(=O)NCc3cccnc3)c2)s1. The Morgan fingerprint density at radius 3 is 2.72 bits per heavy atom. The highest BCUT2D eigenvalue weighted by Gasteiger charge is 2.12. The maximum absolute atomic E-state index is 12.3. The molecule has 7 nitrogen and oxygen atoms in total. The summed E-state index contributed by atoms with van der Waals surface area (Å²) in [5, 5.41) is 14.2. The number of benzene rings is 1. The van der Waals surface area contributed by atoms with Crippen molar-refractivity contribution in [1.82, 2.24) is 20.5 Å². The van der Waals surface area contributed by atoms with E-state index < -0.39 is 0 Å². The smallest absolute Gasteiger partial charge is 0.286 e. The van der Waals surface area contributed by atoms with Crippen LogP contribution in [0.2, 0.25) is 0 Å². The van der Waals surface area contributed by atoms with Gasteiger partial charge in [-0.3, -0.25) is 14.6 Å². The van der Waals surface area contributed by atoms with Crippen LogP contribution in [0.15, 0.2) is 48.8 Å². The number of hydrogen-bond acceptors (Lipinski definition) is 6. The molecule has 0 atom stereocenters. The van der Waals surface area contributed by atoms with Gasteiger partial charge in [0.1, 0.15) is 5.01 Å². The van der Waals surface area contributed by atoms with Crippen LogP contribution in [0.5, 0.6) is 0 Å². The van der Waals surface area contributed by atoms with E-state index in [-0.39, 0.29) is 16.8 Å². The standard InChI is InChI=1S/C17H15N5O2S/c1-11-21-22-17(25-11)16(24)20-14-6-2-5-13(8-14)15(23)19-10-12-4-3-7-18-9-12/h2-9H,10H2,1H3,(H,19,23)(H,20,24). The molecule has 126 valence electrons. The van der Waals surface area contributed by atoms with Crippen molar-refractivity contribution in [3.63, 3.8) is 0 Å². The van der Waals surface area contributed by atoms with Gasteiger partial charge in [-0.05, 0) is 36.8 Å². The molecule has 3 aromatic rings. The van der Waals surface area contributed by atoms with E-state index in [0.717, 1.165) is 5.56 Å². The summed E-state index contributed by atoms with van der Waals surface area (Å²) in [5.41, 5.74) is 1.88. The largest absolute Gasteiger partial charge is 0.348 e. The second-order valence-electron chi connectivity index (χ2n) is 5.21. The van der Waals surface area contributed by atoms with Gasteiger partial charge < -0.3 is 10.6 Å². The monoisotopic (exact) mass is 353 g/mol. The Balaban J connectivity index is 1.64. The van der Waals surface area contributed by atoms with E-state index in [0.29, 0.717) is 22.8 Å². The third-order valence-corrected chi connectivity index (χ3v) is 4.12. The molecule has 0 radical (unpaired) electrons. The van der Waals surface area contributed by atoms with Crippen LogP contribution >= 0.6 is 11.3 Å². The Bertz CT molecular complexity index is 895. The molecule has 0 aliphatic rings. The van der Waals surface area contributed by atoms with E-state index in [9.17, 15) is 9.59 Å². The fraction of sp³-hybridized carbons (Fsp3) is 0.118. The van der Waals surface area contributed by atoms with Crippen LogP contribution in [0.1, 0.15) is 30.7 Å². The molecule has 0 saturated heterocycles. The maximum Gasteiger partial charge on any atom is 0.286 e. The van der Waals surface area contributed by atoms with Gasteiger partial charge in [0.05, 0.1) is 0 Å². The average molecular weight is 353 g/mol. The van der Waals surface area contributed by atoms with Crippen LogP contribution in [-0.2, 0) is 6.54 Å². The topological polar surface area (TPSA) is 96.9 Å². The number of pyridine rings is 1. The van der Waals surface area contributed by atoms with Crippen LogP contribution in [0.3, 0.4) is 0 Å². The van der Waals surface area contributed by atoms with Gasteiger partial charge in [0.25, 0.3) is 11.8 Å². The number of amides is 2. The number of nitrogens with one attached hydrogen (secondary N) is 2. The molecule has 2 amide bonds. The predicted molar refractivity (Wildman–Crippen MR) is 94.4 cm³/mol. The van der Waals surface area contributed by atoms with Gasteiger partial charge >= 0.3 is 0 Å². The van der Waals surface area contributed by atoms with Gasteiger partial charge in [0.15, 0.2) is 0 Å². The summed E-state index contributed by atoms with van der Waals surface area (Å²) in [6, 6.07) is 10.4. The van der Waals surface area contributed by atoms with Crippen molar-refractivity contribution in [3.05, 3.63) is 69.9 Å². The highest BCUT2D eigenvalue weighted by atomic mass is 32.1. The molecule has 2 N–H and O–H groups in total. The zero-order chi connectivity index (χ0) is 17.6. The first-order valence-corrected chi connectivity index (χ1v) is 8.32. The minimum absolute atomic E-state index is 0.230. The Hall–Kier alpha value is -3.13. The lowest BCUT2D eigenvalue weighted by Gasteiger charge is -2.07. The van der Waals surface area contributed by atoms with Crippen molar-refractivity contribution in [2.24, 2.45) is 0 Å². The highest BCUT2D eigenvalue weighted by Crippen LogP contribution is 2.14. The minimum Gasteiger partial charge on any atom is -0.348 e. The molecule has 0 unspecified atom stereocenters. The van der Waals surface area contributed by atoms with Crippen LogP contribution in [0, 0.1) is 6.92 Å². The number of hydrogen-bond donors (Lipinski definition) is 2. The highest BCUT2D eigenvalue weighted by molar-refractivity contribution is 7.13. The van der Waals surface area contributed by atoms with E-state index in [1.165, 1.54) is 11.3 Å². The summed E-state index contributed by atoms with van der Waals surface area (Å²) in [5.74, 6) is -0.578. The van der Waals surface area contributed by atoms with Crippen LogP contribution in [0.25, 0.3) is 0 Å². The maximum atomic E-state index is 12.3. The summed E-state index contributed by atoms with van der Waals surface area (Å²) >= 11 is 1.21. The van der Waals surface area contributed by atoms with Gasteiger partial charge in [-0.15, -0.1) is 10.2 Å². The number of aromatic nitrogens is 3. The number of rotatable bonds is 5. The lowest BCUT2D eigenvalue weighted by Crippen LogP contribution is -2.23. The zero-order valence-electron chi connectivity index (χ0n) is 13.4. The number of nitrogens with zero attached hydrogens (tertiary/aromatic N) is 3. The zero-order valence-corrected chi connectivity index (χ0v) is 14.2. The lowest BCUT2D eigenvalue weighted by atomic mass is 10.2. The summed E-state index contributed by atoms with van der Waals surface area (Å²) in [6.45, 7) is 2.16. The van der Waals surface area contributed by atoms with E-state index in [1.54, 1.807) is 43.6 Å². The molecule has 0 aliphatic carbocycles. The van der Waals surface area contributed by atoms with Crippen LogP contribution in [0.4, 0.5) is 5.69 Å². The lowest BCUT2D eigenvalue weighted by molar-refractivity contribution is 0.0949. The van der Waals surface area contributed by atoms with Crippen molar-refractivity contribution < 1.29 is 9.59 Å². The Kier molecular flexibility index (Phi) is 5.10. The van der Waals surface area contributed by atoms with E-state index in [1.807, 2.05) is 12.1 Å². The second-order valence-corrected chi connectivity index (χ2v) is 6.39. The molecule has 3 rings (SSSR count).